The monoisotopic (exact) mass is 469 g/mol. The average Bonchev–Trinajstić information content (AvgIpc) is 3.22. The molecule has 4 rings (SSSR count). The van der Waals surface area contributed by atoms with Gasteiger partial charge in [-0.25, -0.2) is 4.39 Å². The molecule has 0 radical (unpaired) electrons. The zero-order valence-corrected chi connectivity index (χ0v) is 17.5. The molecule has 0 bridgehead atoms. The predicted molar refractivity (Wildman–Crippen MR) is 111 cm³/mol. The van der Waals surface area contributed by atoms with E-state index in [1.54, 1.807) is 24.5 Å². The molecule has 0 spiro atoms. The lowest BCUT2D eigenvalue weighted by molar-refractivity contribution is -0.114. The van der Waals surface area contributed by atoms with Gasteiger partial charge in [-0.1, -0.05) is 11.6 Å². The van der Waals surface area contributed by atoms with Crippen molar-refractivity contribution in [2.75, 3.05) is 0 Å². The van der Waals surface area contributed by atoms with Crippen LogP contribution in [0.5, 0.6) is 0 Å². The number of alkyl halides is 3. The number of amidine groups is 2. The van der Waals surface area contributed by atoms with Crippen LogP contribution < -0.4 is 0 Å². The zero-order chi connectivity index (χ0) is 22.7. The highest BCUT2D eigenvalue weighted by molar-refractivity contribution is 8.27. The standard InChI is InChI=1S/C19H12ClF4N5OS/c1-8-5-10(9(2)28(8)11-3-4-14(21)13(20)7-11)6-12-15(25)29-18(26-16(12)30)31-17(27-29)19(22,23)24/h3-7,25H,1-2H3. The Kier molecular flexibility index (Phi) is 5.05. The zero-order valence-electron chi connectivity index (χ0n) is 15.9. The fourth-order valence-corrected chi connectivity index (χ4v) is 4.15. The largest absolute Gasteiger partial charge is 0.441 e. The second kappa shape index (κ2) is 7.34. The number of carbonyl (C=O) groups excluding carboxylic acids is 1. The van der Waals surface area contributed by atoms with Gasteiger partial charge in [0.1, 0.15) is 5.82 Å². The highest BCUT2D eigenvalue weighted by Gasteiger charge is 2.46. The summed E-state index contributed by atoms with van der Waals surface area (Å²) in [6.45, 7) is 3.53. The number of hydrogen-bond acceptors (Lipinski definition) is 4. The number of hydrazone groups is 1. The Balaban J connectivity index is 1.75. The molecule has 31 heavy (non-hydrogen) atoms. The summed E-state index contributed by atoms with van der Waals surface area (Å²) in [7, 11) is 0. The minimum atomic E-state index is -4.71. The van der Waals surface area contributed by atoms with Crippen molar-refractivity contribution in [3.8, 4) is 5.69 Å². The van der Waals surface area contributed by atoms with Gasteiger partial charge in [0.25, 0.3) is 5.91 Å². The van der Waals surface area contributed by atoms with Crippen LogP contribution in [-0.2, 0) is 4.79 Å². The van der Waals surface area contributed by atoms with Crippen LogP contribution in [0.4, 0.5) is 17.6 Å². The lowest BCUT2D eigenvalue weighted by Gasteiger charge is -2.20. The predicted octanol–water partition coefficient (Wildman–Crippen LogP) is 5.07. The van der Waals surface area contributed by atoms with E-state index in [4.69, 9.17) is 17.0 Å². The molecule has 2 aliphatic rings. The lowest BCUT2D eigenvalue weighted by atomic mass is 10.1. The van der Waals surface area contributed by atoms with Crippen molar-refractivity contribution in [2.45, 2.75) is 20.0 Å². The van der Waals surface area contributed by atoms with Gasteiger partial charge < -0.3 is 4.57 Å². The molecular formula is C19H12ClF4N5OS. The number of carbonyl (C=O) groups is 1. The van der Waals surface area contributed by atoms with E-state index in [0.29, 0.717) is 22.0 Å². The van der Waals surface area contributed by atoms with Gasteiger partial charge >= 0.3 is 6.18 Å². The first-order valence-corrected chi connectivity index (χ1v) is 9.88. The topological polar surface area (TPSA) is 73.8 Å². The number of aryl methyl sites for hydroxylation is 1. The van der Waals surface area contributed by atoms with E-state index in [2.05, 4.69) is 10.1 Å². The number of hydrogen-bond donors (Lipinski definition) is 1. The molecule has 0 aliphatic carbocycles. The van der Waals surface area contributed by atoms with Crippen molar-refractivity contribution in [1.82, 2.24) is 9.58 Å². The Morgan fingerprint density at radius 3 is 2.58 bits per heavy atom. The molecule has 0 unspecified atom stereocenters. The first-order chi connectivity index (χ1) is 14.5. The SMILES string of the molecule is Cc1cc(C=C2C(=N)N3N=C(C(F)(F)F)SC3=NC2=O)c(C)n1-c1ccc(F)c(Cl)c1. The first-order valence-electron chi connectivity index (χ1n) is 8.69. The maximum Gasteiger partial charge on any atom is 0.441 e. The average molecular weight is 470 g/mol. The number of aromatic nitrogens is 1. The minimum Gasteiger partial charge on any atom is -0.318 e. The van der Waals surface area contributed by atoms with E-state index in [1.807, 2.05) is 0 Å². The Labute approximate surface area is 182 Å². The molecule has 1 N–H and O–H groups in total. The normalized spacial score (nSPS) is 17.9. The molecule has 1 amide bonds. The van der Waals surface area contributed by atoms with E-state index < -0.39 is 28.8 Å². The van der Waals surface area contributed by atoms with E-state index in [-0.39, 0.29) is 27.5 Å². The Hall–Kier alpha value is -2.92. The summed E-state index contributed by atoms with van der Waals surface area (Å²) in [5.41, 5.74) is 2.32. The van der Waals surface area contributed by atoms with E-state index >= 15 is 0 Å². The molecular weight excluding hydrogens is 458 g/mol. The number of nitrogens with zero attached hydrogens (tertiary/aromatic N) is 4. The summed E-state index contributed by atoms with van der Waals surface area (Å²) in [6, 6.07) is 5.94. The van der Waals surface area contributed by atoms with Crippen LogP contribution in [0.15, 0.2) is 39.9 Å². The van der Waals surface area contributed by atoms with Crippen LogP contribution in [0.2, 0.25) is 5.02 Å². The molecule has 2 aliphatic heterocycles. The fourth-order valence-electron chi connectivity index (χ4n) is 3.22. The Morgan fingerprint density at radius 2 is 1.94 bits per heavy atom. The van der Waals surface area contributed by atoms with E-state index in [9.17, 15) is 22.4 Å². The van der Waals surface area contributed by atoms with Gasteiger partial charge in [0, 0.05) is 17.1 Å². The Bertz CT molecular complexity index is 1240. The molecule has 160 valence electrons. The number of rotatable bonds is 2. The van der Waals surface area contributed by atoms with Crippen LogP contribution >= 0.6 is 23.4 Å². The van der Waals surface area contributed by atoms with Crippen LogP contribution in [0, 0.1) is 25.1 Å². The molecule has 0 saturated heterocycles. The van der Waals surface area contributed by atoms with Gasteiger partial charge in [0.05, 0.1) is 10.6 Å². The molecule has 1 aromatic carbocycles. The number of aliphatic imine (C=N–C) groups is 1. The lowest BCUT2D eigenvalue weighted by Crippen LogP contribution is -2.35. The van der Waals surface area contributed by atoms with Gasteiger partial charge in [-0.15, -0.1) is 0 Å². The van der Waals surface area contributed by atoms with Crippen molar-refractivity contribution < 1.29 is 22.4 Å². The smallest absolute Gasteiger partial charge is 0.318 e. The summed E-state index contributed by atoms with van der Waals surface area (Å²) < 4.78 is 54.1. The molecule has 1 aromatic heterocycles. The molecule has 0 saturated carbocycles. The van der Waals surface area contributed by atoms with Gasteiger partial charge in [-0.05, 0) is 61.5 Å². The fraction of sp³-hybridized carbons (Fsp3) is 0.158. The highest BCUT2D eigenvalue weighted by Crippen LogP contribution is 2.35. The summed E-state index contributed by atoms with van der Waals surface area (Å²) in [4.78, 5) is 16.1. The van der Waals surface area contributed by atoms with Gasteiger partial charge in [-0.2, -0.15) is 28.3 Å². The number of benzene rings is 1. The Morgan fingerprint density at radius 1 is 1.23 bits per heavy atom. The third kappa shape index (κ3) is 3.68. The van der Waals surface area contributed by atoms with Crippen molar-refractivity contribution in [1.29, 1.82) is 5.41 Å². The summed E-state index contributed by atoms with van der Waals surface area (Å²) >= 11 is 6.07. The van der Waals surface area contributed by atoms with Crippen molar-refractivity contribution in [2.24, 2.45) is 10.1 Å². The highest BCUT2D eigenvalue weighted by atomic mass is 35.5. The number of thioether (sulfide) groups is 1. The number of halogens is 5. The summed E-state index contributed by atoms with van der Waals surface area (Å²) in [5, 5.41) is 10.7. The van der Waals surface area contributed by atoms with Crippen LogP contribution in [0.25, 0.3) is 11.8 Å². The molecule has 2 aromatic rings. The quantitative estimate of drug-likeness (QED) is 0.493. The summed E-state index contributed by atoms with van der Waals surface area (Å²) in [6.07, 6.45) is -3.33. The van der Waals surface area contributed by atoms with E-state index in [1.165, 1.54) is 24.3 Å². The first kappa shape index (κ1) is 21.3. The molecule has 0 atom stereocenters. The van der Waals surface area contributed by atoms with Crippen molar-refractivity contribution in [3.05, 3.63) is 57.6 Å². The van der Waals surface area contributed by atoms with Crippen molar-refractivity contribution in [3.63, 3.8) is 0 Å². The third-order valence-electron chi connectivity index (χ3n) is 4.63. The van der Waals surface area contributed by atoms with Crippen LogP contribution in [0.3, 0.4) is 0 Å². The number of amides is 1. The van der Waals surface area contributed by atoms with Crippen LogP contribution in [0.1, 0.15) is 17.0 Å². The van der Waals surface area contributed by atoms with Gasteiger partial charge in [-0.3, -0.25) is 10.2 Å². The molecule has 0 fully saturated rings. The van der Waals surface area contributed by atoms with Gasteiger partial charge in [0.2, 0.25) is 10.2 Å². The molecule has 12 heteroatoms. The third-order valence-corrected chi connectivity index (χ3v) is 5.87. The number of fused-ring (bicyclic) bond motifs is 1. The second-order valence-electron chi connectivity index (χ2n) is 6.68. The maximum atomic E-state index is 13.5. The van der Waals surface area contributed by atoms with E-state index in [0.717, 1.165) is 5.69 Å². The maximum absolute atomic E-state index is 13.5. The second-order valence-corrected chi connectivity index (χ2v) is 8.05. The van der Waals surface area contributed by atoms with Crippen LogP contribution in [-0.4, -0.2) is 37.7 Å². The number of nitrogens with one attached hydrogen (secondary N) is 1. The molecule has 6 nitrogen and oxygen atoms in total. The van der Waals surface area contributed by atoms with Gasteiger partial charge in [0.15, 0.2) is 5.84 Å². The van der Waals surface area contributed by atoms with Crippen molar-refractivity contribution >= 4 is 51.4 Å². The summed E-state index contributed by atoms with van der Waals surface area (Å²) in [5.74, 6) is -1.90. The molecule has 3 heterocycles. The minimum absolute atomic E-state index is 0.0547.